The van der Waals surface area contributed by atoms with Crippen molar-refractivity contribution >= 4 is 56.0 Å². The predicted octanol–water partition coefficient (Wildman–Crippen LogP) is 7.59. The Hall–Kier alpha value is -4.89. The number of sulfonamides is 1. The maximum atomic E-state index is 14.8. The summed E-state index contributed by atoms with van der Waals surface area (Å²) in [5.41, 5.74) is 2.56. The molecule has 61 heavy (non-hydrogen) atoms. The van der Waals surface area contributed by atoms with Gasteiger partial charge in [-0.2, -0.15) is 4.98 Å². The SMILES string of the molecule is CC(C)n1c(O[C@@H]2C[C@H]3C(=O)C[C@]4(C(=O)NS(C)(=O)=O)C[C@H]4/C=C\CCCCC[C@H](CC(=O)OC(C)(C)C)C(=O)N3C2)nc2c(-c3nc(Cc4ccccc4)cs3)cccc21. The molecule has 1 saturated heterocycles. The van der Waals surface area contributed by atoms with E-state index in [0.717, 1.165) is 52.8 Å². The highest BCUT2D eigenvalue weighted by Crippen LogP contribution is 2.57. The lowest BCUT2D eigenvalue weighted by atomic mass is 9.90. The minimum absolute atomic E-state index is 0.0510. The van der Waals surface area contributed by atoms with E-state index < -0.39 is 51.0 Å². The van der Waals surface area contributed by atoms with Crippen LogP contribution in [0.15, 0.2) is 66.1 Å². The molecular weight excluding hydrogens is 815 g/mol. The molecule has 13 nitrogen and oxygen atoms in total. The summed E-state index contributed by atoms with van der Waals surface area (Å²) in [4.78, 5) is 67.8. The molecule has 0 spiro atoms. The van der Waals surface area contributed by atoms with Crippen molar-refractivity contribution in [3.05, 3.63) is 77.3 Å². The van der Waals surface area contributed by atoms with Crippen molar-refractivity contribution in [3.8, 4) is 16.6 Å². The van der Waals surface area contributed by atoms with Crippen LogP contribution in [0.3, 0.4) is 0 Å². The first-order valence-electron chi connectivity index (χ1n) is 21.3. The van der Waals surface area contributed by atoms with Crippen LogP contribution in [0.5, 0.6) is 6.01 Å². The van der Waals surface area contributed by atoms with Gasteiger partial charge in [0.05, 0.1) is 41.9 Å². The first-order chi connectivity index (χ1) is 28.9. The number of carbonyl (C=O) groups is 4. The molecule has 7 rings (SSSR count). The summed E-state index contributed by atoms with van der Waals surface area (Å²) in [6, 6.07) is 15.4. The highest BCUT2D eigenvalue weighted by Gasteiger charge is 2.61. The van der Waals surface area contributed by atoms with Crippen LogP contribution in [0.4, 0.5) is 0 Å². The average Bonchev–Trinajstić information content (AvgIpc) is 3.50. The molecule has 0 radical (unpaired) electrons. The number of nitrogens with zero attached hydrogens (tertiary/aromatic N) is 4. The first-order valence-corrected chi connectivity index (χ1v) is 24.1. The first kappa shape index (κ1) is 44.2. The second-order valence-corrected chi connectivity index (χ2v) is 20.8. The van der Waals surface area contributed by atoms with E-state index >= 15 is 0 Å². The molecule has 0 unspecified atom stereocenters. The molecule has 4 aromatic rings. The lowest BCUT2D eigenvalue weighted by Crippen LogP contribution is -2.46. The van der Waals surface area contributed by atoms with Gasteiger partial charge in [-0.05, 0) is 83.9 Å². The van der Waals surface area contributed by atoms with Gasteiger partial charge >= 0.3 is 5.97 Å². The maximum absolute atomic E-state index is 14.8. The summed E-state index contributed by atoms with van der Waals surface area (Å²) in [5, 5.41) is 2.90. The number of hydrogen-bond donors (Lipinski definition) is 1. The summed E-state index contributed by atoms with van der Waals surface area (Å²) in [7, 11) is -3.90. The van der Waals surface area contributed by atoms with Crippen LogP contribution < -0.4 is 9.46 Å². The Balaban J connectivity index is 1.21. The summed E-state index contributed by atoms with van der Waals surface area (Å²) in [5.74, 6) is -2.99. The number of allylic oxidation sites excluding steroid dienone is 2. The molecular formula is C46H57N5O8S2. The topological polar surface area (TPSA) is 167 Å². The van der Waals surface area contributed by atoms with Crippen molar-refractivity contribution in [3.63, 3.8) is 0 Å². The Morgan fingerprint density at radius 1 is 1.03 bits per heavy atom. The molecule has 2 amide bonds. The Kier molecular flexibility index (Phi) is 12.9. The average molecular weight is 872 g/mol. The van der Waals surface area contributed by atoms with Gasteiger partial charge in [0, 0.05) is 42.2 Å². The molecule has 2 fully saturated rings. The number of imidazole rings is 1. The van der Waals surface area contributed by atoms with E-state index in [4.69, 9.17) is 19.4 Å². The van der Waals surface area contributed by atoms with E-state index in [1.165, 1.54) is 10.5 Å². The zero-order chi connectivity index (χ0) is 43.7. The van der Waals surface area contributed by atoms with Gasteiger partial charge in [-0.3, -0.25) is 28.5 Å². The highest BCUT2D eigenvalue weighted by atomic mass is 32.2. The van der Waals surface area contributed by atoms with E-state index in [9.17, 15) is 27.6 Å². The highest BCUT2D eigenvalue weighted by molar-refractivity contribution is 7.89. The third kappa shape index (κ3) is 10.4. The predicted molar refractivity (Wildman–Crippen MR) is 234 cm³/mol. The van der Waals surface area contributed by atoms with Crippen LogP contribution in [-0.2, 0) is 40.4 Å². The number of thiazole rings is 1. The van der Waals surface area contributed by atoms with Crippen molar-refractivity contribution < 1.29 is 37.1 Å². The number of amides is 2. The third-order valence-electron chi connectivity index (χ3n) is 11.7. The number of para-hydroxylation sites is 1. The fourth-order valence-electron chi connectivity index (χ4n) is 8.80. The standard InChI is InChI=1S/C46H57N5O8S2/c1-29(2)51-36-21-15-20-35(41-47-33(28-60-41)22-30-16-11-10-12-17-30)40(36)48-44(51)58-34-24-37-38(52)26-46(43(55)49-61(6,56)57)25-32(46)19-14-9-7-8-13-18-31(42(54)50(37)27-34)23-39(53)59-45(3,4)5/h10-12,14-17,19-21,28-29,31-32,34,37H,7-9,13,18,22-27H2,1-6H3,(H,49,55)/b19-14-/t31-,32-,34-,37+,46-/m1/s1. The van der Waals surface area contributed by atoms with Crippen LogP contribution in [0.2, 0.25) is 0 Å². The minimum atomic E-state index is -3.90. The van der Waals surface area contributed by atoms with Crippen LogP contribution in [0.25, 0.3) is 21.6 Å². The van der Waals surface area contributed by atoms with Crippen LogP contribution in [0.1, 0.15) is 110 Å². The van der Waals surface area contributed by atoms with Gasteiger partial charge in [-0.25, -0.2) is 13.4 Å². The number of esters is 1. The zero-order valence-electron chi connectivity index (χ0n) is 35.9. The normalized spacial score (nSPS) is 24.4. The second kappa shape index (κ2) is 17.8. The van der Waals surface area contributed by atoms with Crippen molar-refractivity contribution in [2.75, 3.05) is 12.8 Å². The number of ketones is 1. The second-order valence-electron chi connectivity index (χ2n) is 18.2. The van der Waals surface area contributed by atoms with E-state index in [1.807, 2.05) is 67.0 Å². The van der Waals surface area contributed by atoms with Gasteiger partial charge in [-0.1, -0.05) is 61.4 Å². The molecule has 15 heteroatoms. The van der Waals surface area contributed by atoms with Gasteiger partial charge in [0.25, 0.3) is 6.01 Å². The number of ether oxygens (including phenoxy) is 2. The number of Topliss-reactive ketones (excluding diaryl/α,β-unsaturated/α-hetero) is 1. The molecule has 326 valence electrons. The van der Waals surface area contributed by atoms with Crippen molar-refractivity contribution in [2.24, 2.45) is 17.3 Å². The van der Waals surface area contributed by atoms with E-state index in [1.54, 1.807) is 32.1 Å². The Labute approximate surface area is 362 Å². The molecule has 2 aromatic heterocycles. The third-order valence-corrected chi connectivity index (χ3v) is 13.2. The summed E-state index contributed by atoms with van der Waals surface area (Å²) in [6.45, 7) is 9.47. The number of carbonyl (C=O) groups excluding carboxylic acids is 4. The fraction of sp³-hybridized carbons (Fsp3) is 0.522. The van der Waals surface area contributed by atoms with Crippen LogP contribution in [0, 0.1) is 17.3 Å². The minimum Gasteiger partial charge on any atom is -0.460 e. The van der Waals surface area contributed by atoms with E-state index in [0.29, 0.717) is 31.7 Å². The zero-order valence-corrected chi connectivity index (χ0v) is 37.5. The molecule has 3 aliphatic rings. The number of benzene rings is 2. The Bertz CT molecular complexity index is 2420. The molecule has 4 heterocycles. The van der Waals surface area contributed by atoms with Gasteiger partial charge in [0.1, 0.15) is 22.2 Å². The van der Waals surface area contributed by atoms with Crippen LogP contribution in [-0.4, -0.2) is 82.0 Å². The fourth-order valence-corrected chi connectivity index (χ4v) is 10.2. The van der Waals surface area contributed by atoms with Gasteiger partial charge in [-0.15, -0.1) is 11.3 Å². The summed E-state index contributed by atoms with van der Waals surface area (Å²) < 4.78 is 41.0. The molecule has 1 aliphatic carbocycles. The van der Waals surface area contributed by atoms with Gasteiger partial charge in [0.2, 0.25) is 21.8 Å². The summed E-state index contributed by atoms with van der Waals surface area (Å²) in [6.07, 6.45) is 8.41. The van der Waals surface area contributed by atoms with Crippen molar-refractivity contribution in [1.29, 1.82) is 0 Å². The molecule has 1 N–H and O–H groups in total. The largest absolute Gasteiger partial charge is 0.460 e. The van der Waals surface area contributed by atoms with E-state index in [-0.39, 0.29) is 49.5 Å². The van der Waals surface area contributed by atoms with Gasteiger partial charge < -0.3 is 14.4 Å². The lowest BCUT2D eigenvalue weighted by Gasteiger charge is -2.29. The molecule has 1 saturated carbocycles. The van der Waals surface area contributed by atoms with E-state index in [2.05, 4.69) is 22.2 Å². The number of nitrogens with one attached hydrogen (secondary N) is 1. The lowest BCUT2D eigenvalue weighted by molar-refractivity contribution is -0.159. The van der Waals surface area contributed by atoms with Gasteiger partial charge in [0.15, 0.2) is 5.78 Å². The number of aromatic nitrogens is 3. The van der Waals surface area contributed by atoms with Crippen molar-refractivity contribution in [1.82, 2.24) is 24.2 Å². The molecule has 0 bridgehead atoms. The molecule has 2 aromatic carbocycles. The van der Waals surface area contributed by atoms with Crippen LogP contribution >= 0.6 is 11.3 Å². The molecule has 2 aliphatic heterocycles. The Morgan fingerprint density at radius 2 is 1.80 bits per heavy atom. The smallest absolute Gasteiger partial charge is 0.307 e. The molecule has 5 atom stereocenters. The quantitative estimate of drug-likeness (QED) is 0.124. The Morgan fingerprint density at radius 3 is 2.52 bits per heavy atom. The monoisotopic (exact) mass is 871 g/mol. The number of hydrogen-bond acceptors (Lipinski definition) is 11. The summed E-state index contributed by atoms with van der Waals surface area (Å²) >= 11 is 1.55. The number of fused-ring (bicyclic) bond motifs is 3. The number of rotatable bonds is 10. The van der Waals surface area contributed by atoms with Crippen molar-refractivity contribution in [2.45, 2.75) is 123 Å². The maximum Gasteiger partial charge on any atom is 0.307 e.